The lowest BCUT2D eigenvalue weighted by molar-refractivity contribution is -0.137. The third-order valence-electron chi connectivity index (χ3n) is 9.06. The summed E-state index contributed by atoms with van der Waals surface area (Å²) in [4.78, 5) is 14.8. The number of phenolic OH excluding ortho intramolecular Hbond substituents is 1. The van der Waals surface area contributed by atoms with Gasteiger partial charge in [-0.1, -0.05) is 26.8 Å². The van der Waals surface area contributed by atoms with Gasteiger partial charge in [-0.25, -0.2) is 0 Å². The average molecular weight is 443 g/mol. The highest BCUT2D eigenvalue weighted by atomic mass is 16.5. The zero-order valence-electron chi connectivity index (χ0n) is 19.7. The Bertz CT molecular complexity index is 865. The highest BCUT2D eigenvalue weighted by molar-refractivity contribution is 5.76. The molecule has 6 heteroatoms. The third-order valence-corrected chi connectivity index (χ3v) is 9.06. The van der Waals surface area contributed by atoms with Crippen LogP contribution in [0.3, 0.4) is 0 Å². The molecule has 1 aromatic rings. The van der Waals surface area contributed by atoms with Gasteiger partial charge in [0.05, 0.1) is 19.3 Å². The second-order valence-corrected chi connectivity index (χ2v) is 11.0. The molecule has 2 bridgehead atoms. The number of ether oxygens (including phenoxy) is 2. The minimum Gasteiger partial charge on any atom is -0.508 e. The molecule has 176 valence electrons. The van der Waals surface area contributed by atoms with Crippen molar-refractivity contribution in [2.45, 2.75) is 65.1 Å². The van der Waals surface area contributed by atoms with Gasteiger partial charge in [0, 0.05) is 44.3 Å². The van der Waals surface area contributed by atoms with Crippen molar-refractivity contribution in [1.82, 2.24) is 10.2 Å². The molecule has 2 aliphatic heterocycles. The number of fused-ring (bicyclic) bond motifs is 1. The van der Waals surface area contributed by atoms with Crippen molar-refractivity contribution in [3.63, 3.8) is 0 Å². The van der Waals surface area contributed by atoms with Gasteiger partial charge in [-0.15, -0.1) is 0 Å². The standard InChI is InChI=1S/C26H38N2O4/c1-4-22(30)27-24-25(2,3)19-14-20-23(32-10-7-26(20,24)15-19)17-5-6-21(29)18(13-17)16-28-8-11-31-12-9-28/h5-6,13,19-20,23-24,29H,4,7-12,14-16H2,1-3H3,(H,27,30)/t19-,20-,23-,24+,26-/m1/s1. The van der Waals surface area contributed by atoms with Gasteiger partial charge in [0.1, 0.15) is 5.75 Å². The topological polar surface area (TPSA) is 71.0 Å². The van der Waals surface area contributed by atoms with Gasteiger partial charge in [-0.05, 0) is 59.6 Å². The maximum atomic E-state index is 12.4. The number of carbonyl (C=O) groups is 1. The van der Waals surface area contributed by atoms with Crippen LogP contribution in [0, 0.1) is 22.7 Å². The van der Waals surface area contributed by atoms with Crippen molar-refractivity contribution in [3.05, 3.63) is 29.3 Å². The number of nitrogens with zero attached hydrogens (tertiary/aromatic N) is 1. The number of amides is 1. The molecule has 4 fully saturated rings. The van der Waals surface area contributed by atoms with Crippen LogP contribution in [0.4, 0.5) is 0 Å². The van der Waals surface area contributed by atoms with Gasteiger partial charge in [0.2, 0.25) is 5.91 Å². The number of benzene rings is 1. The largest absolute Gasteiger partial charge is 0.508 e. The summed E-state index contributed by atoms with van der Waals surface area (Å²) in [5.41, 5.74) is 2.34. The second-order valence-electron chi connectivity index (χ2n) is 11.0. The summed E-state index contributed by atoms with van der Waals surface area (Å²) in [6, 6.07) is 6.23. The Hall–Kier alpha value is -1.63. The second kappa shape index (κ2) is 8.30. The van der Waals surface area contributed by atoms with E-state index in [1.165, 1.54) is 12.0 Å². The normalized spacial score (nSPS) is 36.1. The molecule has 1 spiro atoms. The Labute approximate surface area is 191 Å². The van der Waals surface area contributed by atoms with E-state index in [9.17, 15) is 9.90 Å². The molecule has 2 heterocycles. The molecular weight excluding hydrogens is 404 g/mol. The van der Waals surface area contributed by atoms with Crippen molar-refractivity contribution in [3.8, 4) is 5.75 Å². The van der Waals surface area contributed by atoms with E-state index < -0.39 is 0 Å². The molecule has 0 aromatic heterocycles. The predicted octanol–water partition coefficient (Wildman–Crippen LogP) is 3.63. The lowest BCUT2D eigenvalue weighted by Crippen LogP contribution is -2.58. The van der Waals surface area contributed by atoms with Gasteiger partial charge < -0.3 is 19.9 Å². The van der Waals surface area contributed by atoms with Gasteiger partial charge >= 0.3 is 0 Å². The molecule has 2 N–H and O–H groups in total. The van der Waals surface area contributed by atoms with Crippen LogP contribution in [-0.2, 0) is 20.8 Å². The number of morpholine rings is 1. The number of phenols is 1. The summed E-state index contributed by atoms with van der Waals surface area (Å²) < 4.78 is 11.9. The quantitative estimate of drug-likeness (QED) is 0.729. The number of nitrogens with one attached hydrogen (secondary N) is 1. The van der Waals surface area contributed by atoms with Crippen LogP contribution in [-0.4, -0.2) is 54.9 Å². The number of carbonyl (C=O) groups excluding carboxylic acids is 1. The molecule has 0 radical (unpaired) electrons. The first-order valence-corrected chi connectivity index (χ1v) is 12.4. The molecule has 0 unspecified atom stereocenters. The van der Waals surface area contributed by atoms with E-state index in [0.29, 0.717) is 24.0 Å². The summed E-state index contributed by atoms with van der Waals surface area (Å²) in [6.45, 7) is 11.4. The van der Waals surface area contributed by atoms with E-state index in [-0.39, 0.29) is 28.9 Å². The fourth-order valence-electron chi connectivity index (χ4n) is 7.29. The van der Waals surface area contributed by atoms with Crippen LogP contribution in [0.15, 0.2) is 18.2 Å². The zero-order valence-corrected chi connectivity index (χ0v) is 19.7. The molecule has 5 rings (SSSR count). The minimum absolute atomic E-state index is 0.0231. The lowest BCUT2D eigenvalue weighted by Gasteiger charge is -2.53. The van der Waals surface area contributed by atoms with Crippen LogP contribution in [0.25, 0.3) is 0 Å². The fourth-order valence-corrected chi connectivity index (χ4v) is 7.29. The first-order valence-electron chi connectivity index (χ1n) is 12.4. The number of rotatable bonds is 5. The van der Waals surface area contributed by atoms with Crippen molar-refractivity contribution < 1.29 is 19.4 Å². The molecule has 2 saturated heterocycles. The summed E-state index contributed by atoms with van der Waals surface area (Å²) in [7, 11) is 0. The predicted molar refractivity (Wildman–Crippen MR) is 122 cm³/mol. The Morgan fingerprint density at radius 3 is 2.78 bits per heavy atom. The van der Waals surface area contributed by atoms with Crippen LogP contribution < -0.4 is 5.32 Å². The molecule has 4 aliphatic rings. The molecule has 6 nitrogen and oxygen atoms in total. The molecule has 2 aliphatic carbocycles. The van der Waals surface area contributed by atoms with Crippen LogP contribution in [0.5, 0.6) is 5.75 Å². The van der Waals surface area contributed by atoms with E-state index in [1.807, 2.05) is 19.1 Å². The average Bonchev–Trinajstić information content (AvgIpc) is 3.28. The molecule has 32 heavy (non-hydrogen) atoms. The summed E-state index contributed by atoms with van der Waals surface area (Å²) in [5.74, 6) is 1.51. The number of hydrogen-bond donors (Lipinski definition) is 2. The zero-order chi connectivity index (χ0) is 22.5. The third kappa shape index (κ3) is 3.55. The Morgan fingerprint density at radius 1 is 1.25 bits per heavy atom. The monoisotopic (exact) mass is 442 g/mol. The molecule has 1 aromatic carbocycles. The van der Waals surface area contributed by atoms with Crippen molar-refractivity contribution >= 4 is 5.91 Å². The highest BCUT2D eigenvalue weighted by Crippen LogP contribution is 2.70. The lowest BCUT2D eigenvalue weighted by atomic mass is 9.58. The maximum Gasteiger partial charge on any atom is 0.219 e. The SMILES string of the molecule is CCC(=O)N[C@H]1C(C)(C)[C@@H]2C[C@@H]3[C@@H](c4ccc(O)c(CN5CCOCC5)c4)OCC[C@@]31C2. The molecule has 2 saturated carbocycles. The van der Waals surface area contributed by atoms with E-state index >= 15 is 0 Å². The van der Waals surface area contributed by atoms with Crippen LogP contribution in [0.2, 0.25) is 0 Å². The Morgan fingerprint density at radius 2 is 2.03 bits per heavy atom. The van der Waals surface area contributed by atoms with Crippen molar-refractivity contribution in [1.29, 1.82) is 0 Å². The Balaban J connectivity index is 1.42. The summed E-state index contributed by atoms with van der Waals surface area (Å²) in [6.07, 6.45) is 3.89. The molecule has 5 atom stereocenters. The smallest absolute Gasteiger partial charge is 0.219 e. The maximum absolute atomic E-state index is 12.4. The summed E-state index contributed by atoms with van der Waals surface area (Å²) >= 11 is 0. The fraction of sp³-hybridized carbons (Fsp3) is 0.731. The van der Waals surface area contributed by atoms with Gasteiger partial charge in [-0.3, -0.25) is 9.69 Å². The van der Waals surface area contributed by atoms with E-state index in [2.05, 4.69) is 30.1 Å². The van der Waals surface area contributed by atoms with E-state index in [1.54, 1.807) is 0 Å². The highest BCUT2D eigenvalue weighted by Gasteiger charge is 2.68. The van der Waals surface area contributed by atoms with Gasteiger partial charge in [0.25, 0.3) is 0 Å². The van der Waals surface area contributed by atoms with Crippen molar-refractivity contribution in [2.24, 2.45) is 22.7 Å². The van der Waals surface area contributed by atoms with Crippen molar-refractivity contribution in [2.75, 3.05) is 32.9 Å². The first kappa shape index (κ1) is 22.2. The number of hydrogen-bond acceptors (Lipinski definition) is 5. The van der Waals surface area contributed by atoms with Crippen LogP contribution >= 0.6 is 0 Å². The van der Waals surface area contributed by atoms with Gasteiger partial charge in [-0.2, -0.15) is 0 Å². The Kier molecular flexibility index (Phi) is 5.75. The van der Waals surface area contributed by atoms with E-state index in [4.69, 9.17) is 9.47 Å². The van der Waals surface area contributed by atoms with Crippen LogP contribution in [0.1, 0.15) is 63.7 Å². The first-order chi connectivity index (χ1) is 15.3. The summed E-state index contributed by atoms with van der Waals surface area (Å²) in [5, 5.41) is 14.0. The minimum atomic E-state index is 0.0231. The molecule has 1 amide bonds. The van der Waals surface area contributed by atoms with E-state index in [0.717, 1.165) is 57.9 Å². The molecular formula is C26H38N2O4. The number of aromatic hydroxyl groups is 1. The van der Waals surface area contributed by atoms with Gasteiger partial charge in [0.15, 0.2) is 0 Å².